The molecule has 3 unspecified atom stereocenters. The number of nitrogens with zero attached hydrogens (tertiary/aromatic N) is 1. The zero-order valence-corrected chi connectivity index (χ0v) is 11.0. The van der Waals surface area contributed by atoms with E-state index in [2.05, 4.69) is 12.6 Å². The zero-order valence-electron chi connectivity index (χ0n) is 10.1. The number of benzene rings is 1. The first-order valence-electron chi connectivity index (χ1n) is 6.42. The van der Waals surface area contributed by atoms with Gasteiger partial charge in [0.05, 0.1) is 11.7 Å². The number of amides is 1. The van der Waals surface area contributed by atoms with Gasteiger partial charge in [0.2, 0.25) is 0 Å². The molecule has 4 heteroatoms. The molecule has 2 fully saturated rings. The lowest BCUT2D eigenvalue weighted by molar-refractivity contribution is 0.0749. The van der Waals surface area contributed by atoms with Crippen LogP contribution in [-0.4, -0.2) is 35.1 Å². The molecule has 1 N–H and O–H groups in total. The molecule has 1 aromatic carbocycles. The average Bonchev–Trinajstić information content (AvgIpc) is 2.92. The highest BCUT2D eigenvalue weighted by Gasteiger charge is 2.43. The van der Waals surface area contributed by atoms with Gasteiger partial charge in [0.1, 0.15) is 0 Å². The summed E-state index contributed by atoms with van der Waals surface area (Å²) >= 11 is 4.33. The molecule has 1 amide bonds. The third-order valence-electron chi connectivity index (χ3n) is 4.24. The molecule has 1 saturated heterocycles. The largest absolute Gasteiger partial charge is 0.393 e. The molecule has 1 aromatic rings. The molecular formula is C14H17NO2S. The van der Waals surface area contributed by atoms with Gasteiger partial charge in [-0.25, -0.2) is 0 Å². The number of hydrogen-bond donors (Lipinski definition) is 2. The van der Waals surface area contributed by atoms with Crippen molar-refractivity contribution in [3.63, 3.8) is 0 Å². The number of aliphatic hydroxyl groups is 1. The minimum Gasteiger partial charge on any atom is -0.393 e. The Bertz CT molecular complexity index is 477. The molecule has 3 atom stereocenters. The molecule has 0 aromatic heterocycles. The second-order valence-electron chi connectivity index (χ2n) is 5.30. The maximum atomic E-state index is 12.4. The van der Waals surface area contributed by atoms with Crippen LogP contribution >= 0.6 is 12.6 Å². The Morgan fingerprint density at radius 2 is 2.06 bits per heavy atom. The molecule has 3 nitrogen and oxygen atoms in total. The summed E-state index contributed by atoms with van der Waals surface area (Å²) in [5, 5.41) is 9.87. The van der Waals surface area contributed by atoms with Crippen molar-refractivity contribution in [3.8, 4) is 0 Å². The van der Waals surface area contributed by atoms with E-state index in [1.54, 1.807) is 0 Å². The first-order chi connectivity index (χ1) is 8.66. The van der Waals surface area contributed by atoms with Gasteiger partial charge >= 0.3 is 0 Å². The Kier molecular flexibility index (Phi) is 3.08. The van der Waals surface area contributed by atoms with E-state index in [1.165, 1.54) is 0 Å². The lowest BCUT2D eigenvalue weighted by Crippen LogP contribution is -2.31. The Morgan fingerprint density at radius 3 is 2.78 bits per heavy atom. The highest BCUT2D eigenvalue weighted by molar-refractivity contribution is 7.80. The number of fused-ring (bicyclic) bond motifs is 1. The Labute approximate surface area is 112 Å². The lowest BCUT2D eigenvalue weighted by atomic mass is 10.00. The highest BCUT2D eigenvalue weighted by atomic mass is 32.1. The lowest BCUT2D eigenvalue weighted by Gasteiger charge is -2.19. The second-order valence-corrected chi connectivity index (χ2v) is 5.78. The van der Waals surface area contributed by atoms with Crippen molar-refractivity contribution in [2.24, 2.45) is 11.8 Å². The van der Waals surface area contributed by atoms with E-state index in [-0.39, 0.29) is 17.9 Å². The second kappa shape index (κ2) is 4.59. The summed E-state index contributed by atoms with van der Waals surface area (Å²) in [7, 11) is 0. The minimum atomic E-state index is -0.223. The monoisotopic (exact) mass is 263 g/mol. The van der Waals surface area contributed by atoms with E-state index < -0.39 is 0 Å². The van der Waals surface area contributed by atoms with Crippen molar-refractivity contribution in [3.05, 3.63) is 29.8 Å². The maximum Gasteiger partial charge on any atom is 0.255 e. The molecule has 0 spiro atoms. The molecule has 1 aliphatic carbocycles. The summed E-state index contributed by atoms with van der Waals surface area (Å²) in [6, 6.07) is 7.39. The van der Waals surface area contributed by atoms with Gasteiger partial charge in [-0.05, 0) is 30.9 Å². The van der Waals surface area contributed by atoms with E-state index in [1.807, 2.05) is 29.2 Å². The number of hydrogen-bond acceptors (Lipinski definition) is 3. The first-order valence-corrected chi connectivity index (χ1v) is 6.87. The molecule has 0 bridgehead atoms. The van der Waals surface area contributed by atoms with Gasteiger partial charge in [-0.3, -0.25) is 4.79 Å². The van der Waals surface area contributed by atoms with Gasteiger partial charge in [0.25, 0.3) is 5.91 Å². The van der Waals surface area contributed by atoms with Gasteiger partial charge in [0.15, 0.2) is 0 Å². The Hall–Kier alpha value is -1.00. The summed E-state index contributed by atoms with van der Waals surface area (Å²) in [5.41, 5.74) is 0.662. The predicted octanol–water partition coefficient (Wildman–Crippen LogP) is 1.82. The third-order valence-corrected chi connectivity index (χ3v) is 4.63. The Morgan fingerprint density at radius 1 is 1.28 bits per heavy atom. The van der Waals surface area contributed by atoms with Crippen LogP contribution < -0.4 is 0 Å². The summed E-state index contributed by atoms with van der Waals surface area (Å²) in [6.07, 6.45) is 1.71. The smallest absolute Gasteiger partial charge is 0.255 e. The number of rotatable bonds is 1. The van der Waals surface area contributed by atoms with Crippen LogP contribution in [0, 0.1) is 11.8 Å². The fraction of sp³-hybridized carbons (Fsp3) is 0.500. The van der Waals surface area contributed by atoms with Crippen LogP contribution in [0.1, 0.15) is 23.2 Å². The van der Waals surface area contributed by atoms with Crippen LogP contribution in [0.25, 0.3) is 0 Å². The van der Waals surface area contributed by atoms with Gasteiger partial charge in [0, 0.05) is 23.9 Å². The van der Waals surface area contributed by atoms with Crippen LogP contribution in [-0.2, 0) is 0 Å². The molecule has 1 heterocycles. The van der Waals surface area contributed by atoms with E-state index in [4.69, 9.17) is 0 Å². The van der Waals surface area contributed by atoms with Crippen LogP contribution in [0.3, 0.4) is 0 Å². The van der Waals surface area contributed by atoms with Crippen molar-refractivity contribution < 1.29 is 9.90 Å². The standard InChI is InChI=1S/C14H17NO2S/c16-12-6-5-9-7-15(8-11(9)12)14(17)10-3-1-2-4-13(10)18/h1-4,9,11-12,16,18H,5-8H2. The van der Waals surface area contributed by atoms with Crippen molar-refractivity contribution in [2.45, 2.75) is 23.8 Å². The fourth-order valence-corrected chi connectivity index (χ4v) is 3.48. The van der Waals surface area contributed by atoms with Crippen LogP contribution in [0.4, 0.5) is 0 Å². The molecule has 18 heavy (non-hydrogen) atoms. The first kappa shape index (κ1) is 12.1. The maximum absolute atomic E-state index is 12.4. The molecule has 3 rings (SSSR count). The highest BCUT2D eigenvalue weighted by Crippen LogP contribution is 2.38. The van der Waals surface area contributed by atoms with Gasteiger partial charge in [-0.1, -0.05) is 12.1 Å². The van der Waals surface area contributed by atoms with E-state index in [0.29, 0.717) is 18.0 Å². The van der Waals surface area contributed by atoms with Crippen molar-refractivity contribution in [1.29, 1.82) is 0 Å². The third kappa shape index (κ3) is 1.93. The number of thiol groups is 1. The predicted molar refractivity (Wildman–Crippen MR) is 71.8 cm³/mol. The van der Waals surface area contributed by atoms with E-state index >= 15 is 0 Å². The van der Waals surface area contributed by atoms with Crippen LogP contribution in [0.2, 0.25) is 0 Å². The van der Waals surface area contributed by atoms with Gasteiger partial charge in [-0.2, -0.15) is 0 Å². The number of likely N-dealkylation sites (tertiary alicyclic amines) is 1. The van der Waals surface area contributed by atoms with Crippen LogP contribution in [0.15, 0.2) is 29.2 Å². The van der Waals surface area contributed by atoms with Crippen molar-refractivity contribution in [2.75, 3.05) is 13.1 Å². The Balaban J connectivity index is 1.78. The summed E-state index contributed by atoms with van der Waals surface area (Å²) in [4.78, 5) is 15.0. The van der Waals surface area contributed by atoms with Crippen molar-refractivity contribution in [1.82, 2.24) is 4.90 Å². The number of aliphatic hydroxyl groups excluding tert-OH is 1. The summed E-state index contributed by atoms with van der Waals surface area (Å²) in [6.45, 7) is 1.47. The average molecular weight is 263 g/mol. The zero-order chi connectivity index (χ0) is 12.7. The quantitative estimate of drug-likeness (QED) is 0.759. The molecule has 1 saturated carbocycles. The molecule has 2 aliphatic rings. The topological polar surface area (TPSA) is 40.5 Å². The SMILES string of the molecule is O=C(c1ccccc1S)N1CC2CCC(O)C2C1. The minimum absolute atomic E-state index is 0.0437. The van der Waals surface area contributed by atoms with E-state index in [9.17, 15) is 9.90 Å². The summed E-state index contributed by atoms with van der Waals surface area (Å²) in [5.74, 6) is 0.805. The number of carbonyl (C=O) groups is 1. The fourth-order valence-electron chi connectivity index (χ4n) is 3.23. The summed E-state index contributed by atoms with van der Waals surface area (Å²) < 4.78 is 0. The molecule has 1 aliphatic heterocycles. The van der Waals surface area contributed by atoms with Crippen molar-refractivity contribution >= 4 is 18.5 Å². The van der Waals surface area contributed by atoms with E-state index in [0.717, 1.165) is 24.3 Å². The molecular weight excluding hydrogens is 246 g/mol. The molecule has 96 valence electrons. The van der Waals surface area contributed by atoms with Crippen LogP contribution in [0.5, 0.6) is 0 Å². The van der Waals surface area contributed by atoms with Gasteiger partial charge in [-0.15, -0.1) is 12.6 Å². The molecule has 0 radical (unpaired) electrons. The van der Waals surface area contributed by atoms with Gasteiger partial charge < -0.3 is 10.0 Å². The normalized spacial score (nSPS) is 30.6. The number of carbonyl (C=O) groups excluding carboxylic acids is 1.